The minimum absolute atomic E-state index is 0.224. The Hall–Kier alpha value is -1.69. The molecule has 2 N–H and O–H groups in total. The van der Waals surface area contributed by atoms with E-state index in [4.69, 9.17) is 11.6 Å². The molecule has 0 aromatic carbocycles. The minimum Gasteiger partial charge on any atom is -0.494 e. The monoisotopic (exact) mass is 233 g/mol. The van der Waals surface area contributed by atoms with Crippen LogP contribution < -0.4 is 4.74 Å². The summed E-state index contributed by atoms with van der Waals surface area (Å²) in [5, 5.41) is 17.9. The first kappa shape index (κ1) is 11.4. The van der Waals surface area contributed by atoms with Gasteiger partial charge in [0, 0.05) is 13.0 Å². The summed E-state index contributed by atoms with van der Waals surface area (Å²) in [6, 6.07) is 1.01. The fourth-order valence-electron chi connectivity index (χ4n) is 1.01. The number of rotatable bonds is 3. The predicted molar refractivity (Wildman–Crippen MR) is 49.9 cm³/mol. The number of aromatic nitrogens is 1. The molecule has 82 valence electrons. The topological polar surface area (TPSA) is 88.8 Å². The van der Waals surface area contributed by atoms with Crippen molar-refractivity contribution < 1.29 is 24.5 Å². The first-order valence-corrected chi connectivity index (χ1v) is 4.28. The third-order valence-corrected chi connectivity index (χ3v) is 1.67. The summed E-state index contributed by atoms with van der Waals surface area (Å²) in [4.78, 5) is 21.2. The van der Waals surface area contributed by atoms with Crippen LogP contribution in [-0.4, -0.2) is 26.0 Å². The molecular formula is C8H8ClNO5. The molecule has 1 rings (SSSR count). The number of esters is 1. The third-order valence-electron chi connectivity index (χ3n) is 1.55. The van der Waals surface area contributed by atoms with Crippen molar-refractivity contribution in [2.75, 3.05) is 0 Å². The molecule has 0 spiro atoms. The van der Waals surface area contributed by atoms with Gasteiger partial charge in [-0.25, -0.2) is 0 Å². The standard InChI is InChI=1S/C8H8ClNO5/c1-4(11)15-5-2-7(13)10(8(5)14)3-6(9)12/h2,13-14H,3H2,1H3. The van der Waals surface area contributed by atoms with Crippen molar-refractivity contribution >= 4 is 22.8 Å². The van der Waals surface area contributed by atoms with Crippen LogP contribution in [0, 0.1) is 0 Å². The zero-order valence-electron chi connectivity index (χ0n) is 7.73. The average molecular weight is 234 g/mol. The van der Waals surface area contributed by atoms with E-state index in [9.17, 15) is 19.8 Å². The summed E-state index contributed by atoms with van der Waals surface area (Å²) in [5.41, 5.74) is 0. The number of halogens is 1. The minimum atomic E-state index is -0.773. The molecule has 0 aliphatic heterocycles. The van der Waals surface area contributed by atoms with Crippen LogP contribution in [0.4, 0.5) is 0 Å². The molecule has 1 heterocycles. The predicted octanol–water partition coefficient (Wildman–Crippen LogP) is 0.590. The molecular weight excluding hydrogens is 226 g/mol. The summed E-state index contributed by atoms with van der Waals surface area (Å²) in [7, 11) is 0. The fourth-order valence-corrected chi connectivity index (χ4v) is 1.13. The van der Waals surface area contributed by atoms with E-state index in [2.05, 4.69) is 4.74 Å². The average Bonchev–Trinajstić information content (AvgIpc) is 2.31. The molecule has 0 fully saturated rings. The number of hydrogen-bond donors (Lipinski definition) is 2. The molecule has 15 heavy (non-hydrogen) atoms. The van der Waals surface area contributed by atoms with E-state index in [1.54, 1.807) is 0 Å². The summed E-state index contributed by atoms with van der Waals surface area (Å²) < 4.78 is 5.38. The van der Waals surface area contributed by atoms with Gasteiger partial charge in [0.1, 0.15) is 6.54 Å². The molecule has 0 amide bonds. The van der Waals surface area contributed by atoms with Crippen LogP contribution in [0.15, 0.2) is 6.07 Å². The van der Waals surface area contributed by atoms with E-state index in [1.165, 1.54) is 0 Å². The second kappa shape index (κ2) is 4.22. The third kappa shape index (κ3) is 2.63. The molecule has 0 radical (unpaired) electrons. The summed E-state index contributed by atoms with van der Waals surface area (Å²) in [6.07, 6.45) is 0. The summed E-state index contributed by atoms with van der Waals surface area (Å²) in [6.45, 7) is 0.723. The van der Waals surface area contributed by atoms with E-state index in [1.807, 2.05) is 0 Å². The van der Waals surface area contributed by atoms with Crippen molar-refractivity contribution in [3.63, 3.8) is 0 Å². The van der Waals surface area contributed by atoms with Gasteiger partial charge < -0.3 is 14.9 Å². The van der Waals surface area contributed by atoms with Gasteiger partial charge in [0.2, 0.25) is 11.1 Å². The van der Waals surface area contributed by atoms with Crippen LogP contribution in [0.5, 0.6) is 17.5 Å². The Morgan fingerprint density at radius 1 is 1.53 bits per heavy atom. The van der Waals surface area contributed by atoms with E-state index < -0.39 is 29.5 Å². The van der Waals surface area contributed by atoms with Crippen LogP contribution in [-0.2, 0) is 16.1 Å². The lowest BCUT2D eigenvalue weighted by atomic mass is 10.5. The highest BCUT2D eigenvalue weighted by molar-refractivity contribution is 6.63. The second-order valence-corrected chi connectivity index (χ2v) is 3.15. The van der Waals surface area contributed by atoms with Crippen molar-refractivity contribution in [2.24, 2.45) is 0 Å². The van der Waals surface area contributed by atoms with Gasteiger partial charge in [-0.1, -0.05) is 0 Å². The van der Waals surface area contributed by atoms with Crippen molar-refractivity contribution in [3.05, 3.63) is 6.07 Å². The SMILES string of the molecule is CC(=O)Oc1cc(O)n(CC(=O)Cl)c1O. The van der Waals surface area contributed by atoms with Gasteiger partial charge in [0.05, 0.1) is 0 Å². The fraction of sp³-hybridized carbons (Fsp3) is 0.250. The number of ether oxygens (including phenoxy) is 1. The van der Waals surface area contributed by atoms with Gasteiger partial charge in [-0.15, -0.1) is 0 Å². The zero-order valence-corrected chi connectivity index (χ0v) is 8.48. The van der Waals surface area contributed by atoms with Gasteiger partial charge in [0.25, 0.3) is 0 Å². The van der Waals surface area contributed by atoms with Crippen LogP contribution >= 0.6 is 11.6 Å². The van der Waals surface area contributed by atoms with Crippen LogP contribution in [0.3, 0.4) is 0 Å². The first-order chi connectivity index (χ1) is 6.91. The summed E-state index contributed by atoms with van der Waals surface area (Å²) >= 11 is 5.08. The molecule has 0 aliphatic rings. The first-order valence-electron chi connectivity index (χ1n) is 3.90. The largest absolute Gasteiger partial charge is 0.494 e. The Morgan fingerprint density at radius 3 is 2.60 bits per heavy atom. The van der Waals surface area contributed by atoms with Gasteiger partial charge in [0.15, 0.2) is 11.6 Å². The quantitative estimate of drug-likeness (QED) is 0.589. The number of carbonyl (C=O) groups is 2. The lowest BCUT2D eigenvalue weighted by Gasteiger charge is -2.02. The van der Waals surface area contributed by atoms with Crippen LogP contribution in [0.2, 0.25) is 0 Å². The van der Waals surface area contributed by atoms with E-state index in [-0.39, 0.29) is 5.75 Å². The van der Waals surface area contributed by atoms with E-state index >= 15 is 0 Å². The number of carbonyl (C=O) groups excluding carboxylic acids is 2. The molecule has 0 bridgehead atoms. The number of nitrogens with zero attached hydrogens (tertiary/aromatic N) is 1. The molecule has 0 saturated heterocycles. The highest BCUT2D eigenvalue weighted by Crippen LogP contribution is 2.34. The summed E-state index contributed by atoms with van der Waals surface area (Å²) in [5.74, 6) is -1.83. The zero-order chi connectivity index (χ0) is 11.6. The van der Waals surface area contributed by atoms with Crippen molar-refractivity contribution in [3.8, 4) is 17.5 Å². The maximum absolute atomic E-state index is 10.6. The number of hydrogen-bond acceptors (Lipinski definition) is 5. The van der Waals surface area contributed by atoms with E-state index in [0.717, 1.165) is 17.6 Å². The molecule has 6 nitrogen and oxygen atoms in total. The van der Waals surface area contributed by atoms with Crippen molar-refractivity contribution in [1.82, 2.24) is 4.57 Å². The van der Waals surface area contributed by atoms with Crippen molar-refractivity contribution in [2.45, 2.75) is 13.5 Å². The maximum Gasteiger partial charge on any atom is 0.308 e. The maximum atomic E-state index is 10.6. The van der Waals surface area contributed by atoms with Gasteiger partial charge in [-0.05, 0) is 11.6 Å². The molecule has 1 aromatic rings. The van der Waals surface area contributed by atoms with Crippen LogP contribution in [0.25, 0.3) is 0 Å². The second-order valence-electron chi connectivity index (χ2n) is 2.73. The van der Waals surface area contributed by atoms with Gasteiger partial charge in [-0.3, -0.25) is 14.2 Å². The van der Waals surface area contributed by atoms with Crippen molar-refractivity contribution in [1.29, 1.82) is 0 Å². The Balaban J connectivity index is 3.03. The molecule has 7 heteroatoms. The Bertz CT molecular complexity index is 411. The molecule has 0 aliphatic carbocycles. The Kier molecular flexibility index (Phi) is 3.21. The van der Waals surface area contributed by atoms with Gasteiger partial charge >= 0.3 is 5.97 Å². The number of aromatic hydroxyl groups is 2. The molecule has 0 saturated carbocycles. The highest BCUT2D eigenvalue weighted by Gasteiger charge is 2.17. The van der Waals surface area contributed by atoms with E-state index in [0.29, 0.717) is 0 Å². The van der Waals surface area contributed by atoms with Gasteiger partial charge in [-0.2, -0.15) is 0 Å². The molecule has 0 unspecified atom stereocenters. The Morgan fingerprint density at radius 2 is 2.13 bits per heavy atom. The smallest absolute Gasteiger partial charge is 0.308 e. The lowest BCUT2D eigenvalue weighted by molar-refractivity contribution is -0.132. The molecule has 1 aromatic heterocycles. The normalized spacial score (nSPS) is 10.0. The lowest BCUT2D eigenvalue weighted by Crippen LogP contribution is -2.04. The Labute approximate surface area is 89.6 Å². The highest BCUT2D eigenvalue weighted by atomic mass is 35.5. The van der Waals surface area contributed by atoms with Crippen LogP contribution in [0.1, 0.15) is 6.92 Å². The molecule has 0 atom stereocenters.